The number of halogens is 1. The van der Waals surface area contributed by atoms with E-state index in [9.17, 15) is 4.79 Å². The number of piperazine rings is 1. The molecule has 9 nitrogen and oxygen atoms in total. The van der Waals surface area contributed by atoms with E-state index in [-0.39, 0.29) is 36.0 Å². The summed E-state index contributed by atoms with van der Waals surface area (Å²) < 4.78 is 7.65. The van der Waals surface area contributed by atoms with E-state index >= 15 is 0 Å². The molecule has 0 spiro atoms. The standard InChI is InChI=1S/C23H33N7O2.HI/c1-2-21-27-26-18-30(21)11-10-24-23(25-17-19-7-4-3-5-8-19)29-14-12-28(13-15-29)22(31)20-9-6-16-32-20;/h3-5,7-8,18,20H,2,6,9-17H2,1H3,(H,24,25);1H. The average molecular weight is 567 g/mol. The van der Waals surface area contributed by atoms with Crippen molar-refractivity contribution < 1.29 is 9.53 Å². The molecule has 4 rings (SSSR count). The molecule has 0 bridgehead atoms. The Bertz CT molecular complexity index is 891. The Morgan fingerprint density at radius 3 is 2.64 bits per heavy atom. The van der Waals surface area contributed by atoms with E-state index in [0.29, 0.717) is 26.2 Å². The van der Waals surface area contributed by atoms with Crippen molar-refractivity contribution in [2.75, 3.05) is 39.3 Å². The molecule has 1 N–H and O–H groups in total. The first-order valence-electron chi connectivity index (χ1n) is 11.6. The van der Waals surface area contributed by atoms with E-state index in [0.717, 1.165) is 57.2 Å². The Hall–Kier alpha value is -2.21. The number of aliphatic imine (C=N–C) groups is 1. The highest BCUT2D eigenvalue weighted by Crippen LogP contribution is 2.16. The van der Waals surface area contributed by atoms with Gasteiger partial charge >= 0.3 is 0 Å². The first-order chi connectivity index (χ1) is 15.7. The lowest BCUT2D eigenvalue weighted by Crippen LogP contribution is -2.55. The molecule has 2 saturated heterocycles. The molecule has 33 heavy (non-hydrogen) atoms. The van der Waals surface area contributed by atoms with Crippen LogP contribution in [0.3, 0.4) is 0 Å². The smallest absolute Gasteiger partial charge is 0.251 e. The number of nitrogens with one attached hydrogen (secondary N) is 1. The van der Waals surface area contributed by atoms with Crippen LogP contribution in [0.1, 0.15) is 31.2 Å². The maximum Gasteiger partial charge on any atom is 0.251 e. The molecule has 2 aliphatic heterocycles. The number of nitrogens with zero attached hydrogens (tertiary/aromatic N) is 6. The summed E-state index contributed by atoms with van der Waals surface area (Å²) in [5.74, 6) is 2.00. The van der Waals surface area contributed by atoms with E-state index in [1.165, 1.54) is 5.56 Å². The number of rotatable bonds is 7. The zero-order chi connectivity index (χ0) is 22.2. The molecule has 2 aliphatic rings. The van der Waals surface area contributed by atoms with Gasteiger partial charge in [-0.05, 0) is 18.4 Å². The molecule has 10 heteroatoms. The highest BCUT2D eigenvalue weighted by atomic mass is 127. The zero-order valence-electron chi connectivity index (χ0n) is 19.2. The van der Waals surface area contributed by atoms with Gasteiger partial charge in [-0.1, -0.05) is 37.3 Å². The third-order valence-electron chi connectivity index (χ3n) is 6.00. The van der Waals surface area contributed by atoms with Crippen LogP contribution in [-0.2, 0) is 29.0 Å². The molecule has 1 aromatic carbocycles. The van der Waals surface area contributed by atoms with Gasteiger partial charge in [0.1, 0.15) is 18.3 Å². The second-order valence-corrected chi connectivity index (χ2v) is 8.16. The SMILES string of the molecule is CCc1nncn1CCNC(=NCc1ccccc1)N1CCN(C(=O)C2CCCO2)CC1.I. The average Bonchev–Trinajstić information content (AvgIpc) is 3.54. The number of hydrogen-bond donors (Lipinski definition) is 1. The summed E-state index contributed by atoms with van der Waals surface area (Å²) in [5.41, 5.74) is 1.17. The van der Waals surface area contributed by atoms with Crippen molar-refractivity contribution >= 4 is 35.8 Å². The first kappa shape index (κ1) is 25.4. The Morgan fingerprint density at radius 1 is 1.18 bits per heavy atom. The number of amides is 1. The van der Waals surface area contributed by atoms with Gasteiger partial charge in [-0.15, -0.1) is 34.2 Å². The van der Waals surface area contributed by atoms with Gasteiger partial charge in [0.15, 0.2) is 5.96 Å². The lowest BCUT2D eigenvalue weighted by molar-refractivity contribution is -0.142. The fourth-order valence-corrected chi connectivity index (χ4v) is 4.16. The maximum absolute atomic E-state index is 12.7. The number of carbonyl (C=O) groups is 1. The minimum Gasteiger partial charge on any atom is -0.368 e. The molecule has 0 radical (unpaired) electrons. The van der Waals surface area contributed by atoms with Gasteiger partial charge in [-0.25, -0.2) is 4.99 Å². The quantitative estimate of drug-likeness (QED) is 0.313. The normalized spacial score (nSPS) is 18.8. The monoisotopic (exact) mass is 567 g/mol. The zero-order valence-corrected chi connectivity index (χ0v) is 21.6. The molecule has 180 valence electrons. The first-order valence-corrected chi connectivity index (χ1v) is 11.6. The van der Waals surface area contributed by atoms with Crippen LogP contribution < -0.4 is 5.32 Å². The molecule has 0 aliphatic carbocycles. The minimum atomic E-state index is -0.248. The van der Waals surface area contributed by atoms with Crippen LogP contribution in [-0.4, -0.2) is 81.9 Å². The third kappa shape index (κ3) is 6.89. The topological polar surface area (TPSA) is 87.9 Å². The van der Waals surface area contributed by atoms with Crippen LogP contribution in [0.25, 0.3) is 0 Å². The van der Waals surface area contributed by atoms with E-state index < -0.39 is 0 Å². The predicted molar refractivity (Wildman–Crippen MR) is 138 cm³/mol. The Labute approximate surface area is 212 Å². The number of aromatic nitrogens is 3. The highest BCUT2D eigenvalue weighted by molar-refractivity contribution is 14.0. The summed E-state index contributed by atoms with van der Waals surface area (Å²) in [4.78, 5) is 21.7. The largest absolute Gasteiger partial charge is 0.368 e. The molecule has 1 amide bonds. The van der Waals surface area contributed by atoms with Crippen LogP contribution in [0, 0.1) is 0 Å². The molecule has 0 saturated carbocycles. The van der Waals surface area contributed by atoms with Crippen molar-refractivity contribution in [1.29, 1.82) is 0 Å². The summed E-state index contributed by atoms with van der Waals surface area (Å²) in [5, 5.41) is 11.7. The molecule has 3 heterocycles. The predicted octanol–water partition coefficient (Wildman–Crippen LogP) is 1.93. The summed E-state index contributed by atoms with van der Waals surface area (Å²) >= 11 is 0. The lowest BCUT2D eigenvalue weighted by Gasteiger charge is -2.37. The number of carbonyl (C=O) groups excluding carboxylic acids is 1. The molecule has 2 fully saturated rings. The van der Waals surface area contributed by atoms with Gasteiger partial charge in [0, 0.05) is 52.3 Å². The van der Waals surface area contributed by atoms with Gasteiger partial charge in [-0.3, -0.25) is 4.79 Å². The lowest BCUT2D eigenvalue weighted by atomic mass is 10.2. The molecule has 2 aromatic rings. The van der Waals surface area contributed by atoms with Crippen molar-refractivity contribution in [2.45, 2.75) is 45.4 Å². The van der Waals surface area contributed by atoms with Crippen LogP contribution in [0.5, 0.6) is 0 Å². The number of hydrogen-bond acceptors (Lipinski definition) is 5. The van der Waals surface area contributed by atoms with Gasteiger partial charge in [0.2, 0.25) is 0 Å². The Kier molecular flexibility index (Phi) is 9.92. The highest BCUT2D eigenvalue weighted by Gasteiger charge is 2.30. The number of guanidine groups is 1. The van der Waals surface area contributed by atoms with Crippen molar-refractivity contribution in [2.24, 2.45) is 4.99 Å². The number of ether oxygens (including phenoxy) is 1. The van der Waals surface area contributed by atoms with Crippen LogP contribution >= 0.6 is 24.0 Å². The fourth-order valence-electron chi connectivity index (χ4n) is 4.16. The second-order valence-electron chi connectivity index (χ2n) is 8.16. The van der Waals surface area contributed by atoms with E-state index in [4.69, 9.17) is 9.73 Å². The fraction of sp³-hybridized carbons (Fsp3) is 0.565. The third-order valence-corrected chi connectivity index (χ3v) is 6.00. The minimum absolute atomic E-state index is 0. The Morgan fingerprint density at radius 2 is 1.94 bits per heavy atom. The Balaban J connectivity index is 0.00000306. The molecule has 1 aromatic heterocycles. The van der Waals surface area contributed by atoms with Crippen molar-refractivity contribution in [1.82, 2.24) is 29.9 Å². The van der Waals surface area contributed by atoms with Crippen LogP contribution in [0.4, 0.5) is 0 Å². The molecular weight excluding hydrogens is 533 g/mol. The number of aryl methyl sites for hydroxylation is 1. The van der Waals surface area contributed by atoms with Gasteiger partial charge in [-0.2, -0.15) is 0 Å². The van der Waals surface area contributed by atoms with E-state index in [2.05, 4.69) is 44.0 Å². The van der Waals surface area contributed by atoms with Gasteiger partial charge in [0.25, 0.3) is 5.91 Å². The van der Waals surface area contributed by atoms with Crippen molar-refractivity contribution in [3.8, 4) is 0 Å². The molecule has 1 atom stereocenters. The van der Waals surface area contributed by atoms with Gasteiger partial charge in [0.05, 0.1) is 6.54 Å². The molecular formula is C23H34IN7O2. The summed E-state index contributed by atoms with van der Waals surface area (Å²) in [6.07, 6.45) is 4.20. The number of benzene rings is 1. The van der Waals surface area contributed by atoms with Crippen LogP contribution in [0.2, 0.25) is 0 Å². The van der Waals surface area contributed by atoms with Gasteiger partial charge < -0.3 is 24.4 Å². The summed E-state index contributed by atoms with van der Waals surface area (Å²) in [6.45, 7) is 7.79. The van der Waals surface area contributed by atoms with Crippen molar-refractivity contribution in [3.05, 3.63) is 48.0 Å². The van der Waals surface area contributed by atoms with Crippen LogP contribution in [0.15, 0.2) is 41.7 Å². The summed E-state index contributed by atoms with van der Waals surface area (Å²) in [6, 6.07) is 10.3. The maximum atomic E-state index is 12.7. The second kappa shape index (κ2) is 12.9. The van der Waals surface area contributed by atoms with E-state index in [1.54, 1.807) is 6.33 Å². The molecule has 1 unspecified atom stereocenters. The van der Waals surface area contributed by atoms with Crippen molar-refractivity contribution in [3.63, 3.8) is 0 Å². The summed E-state index contributed by atoms with van der Waals surface area (Å²) in [7, 11) is 0. The van der Waals surface area contributed by atoms with E-state index in [1.807, 2.05) is 23.1 Å².